The summed E-state index contributed by atoms with van der Waals surface area (Å²) in [6, 6.07) is 17.4. The van der Waals surface area contributed by atoms with Gasteiger partial charge in [0.25, 0.3) is 15.9 Å². The van der Waals surface area contributed by atoms with Crippen LogP contribution in [0.4, 0.5) is 5.69 Å². The highest BCUT2D eigenvalue weighted by Gasteiger charge is 2.19. The molecule has 0 fully saturated rings. The lowest BCUT2D eigenvalue weighted by Gasteiger charge is -2.12. The molecule has 0 bridgehead atoms. The Balaban J connectivity index is 1.47. The molecule has 6 nitrogen and oxygen atoms in total. The number of halogens is 1. The number of H-pyrrole nitrogens is 1. The van der Waals surface area contributed by atoms with Crippen LogP contribution < -0.4 is 10.0 Å². The predicted molar refractivity (Wildman–Crippen MR) is 133 cm³/mol. The van der Waals surface area contributed by atoms with Crippen LogP contribution in [0.1, 0.15) is 27.0 Å². The third-order valence-electron chi connectivity index (χ3n) is 5.61. The number of rotatable bonds is 7. The van der Waals surface area contributed by atoms with Crippen molar-refractivity contribution in [1.29, 1.82) is 0 Å². The number of amides is 1. The molecule has 0 spiro atoms. The molecule has 4 aromatic rings. The quantitative estimate of drug-likeness (QED) is 0.338. The van der Waals surface area contributed by atoms with Gasteiger partial charge < -0.3 is 10.3 Å². The van der Waals surface area contributed by atoms with E-state index in [4.69, 9.17) is 11.6 Å². The summed E-state index contributed by atoms with van der Waals surface area (Å²) < 4.78 is 28.3. The highest BCUT2D eigenvalue weighted by molar-refractivity contribution is 7.92. The molecular weight excluding hydrogens is 458 g/mol. The van der Waals surface area contributed by atoms with Crippen LogP contribution in [0.25, 0.3) is 10.9 Å². The number of aromatic nitrogens is 1. The van der Waals surface area contributed by atoms with Crippen LogP contribution in [-0.4, -0.2) is 25.9 Å². The fraction of sp³-hybridized carbons (Fsp3) is 0.160. The fourth-order valence-electron chi connectivity index (χ4n) is 3.61. The van der Waals surface area contributed by atoms with Gasteiger partial charge in [-0.15, -0.1) is 0 Å². The Morgan fingerprint density at radius 2 is 1.79 bits per heavy atom. The molecule has 1 heterocycles. The molecular formula is C25H24ClN3O3S. The molecule has 0 aliphatic heterocycles. The Hall–Kier alpha value is -3.29. The Morgan fingerprint density at radius 3 is 2.58 bits per heavy atom. The number of nitrogens with one attached hydrogen (secondary N) is 3. The van der Waals surface area contributed by atoms with E-state index in [1.165, 1.54) is 18.2 Å². The molecule has 1 aromatic heterocycles. The topological polar surface area (TPSA) is 91.1 Å². The molecule has 0 unspecified atom stereocenters. The first kappa shape index (κ1) is 22.9. The zero-order valence-electron chi connectivity index (χ0n) is 18.3. The summed E-state index contributed by atoms with van der Waals surface area (Å²) in [5.41, 5.74) is 4.73. The van der Waals surface area contributed by atoms with Gasteiger partial charge in [-0.05, 0) is 73.4 Å². The molecule has 3 aromatic carbocycles. The number of aromatic amines is 1. The first-order chi connectivity index (χ1) is 15.7. The van der Waals surface area contributed by atoms with Crippen LogP contribution in [0.5, 0.6) is 0 Å². The van der Waals surface area contributed by atoms with Gasteiger partial charge in [0, 0.05) is 29.3 Å². The molecule has 0 aliphatic rings. The maximum Gasteiger partial charge on any atom is 0.261 e. The zero-order valence-corrected chi connectivity index (χ0v) is 19.8. The maximum atomic E-state index is 12.9. The van der Waals surface area contributed by atoms with Crippen LogP contribution >= 0.6 is 11.6 Å². The van der Waals surface area contributed by atoms with Gasteiger partial charge in [-0.1, -0.05) is 35.9 Å². The van der Waals surface area contributed by atoms with Crippen LogP contribution in [0.15, 0.2) is 71.8 Å². The third-order valence-corrected chi connectivity index (χ3v) is 7.32. The second-order valence-electron chi connectivity index (χ2n) is 7.91. The number of carbonyl (C=O) groups is 1. The molecule has 0 saturated carbocycles. The van der Waals surface area contributed by atoms with Crippen molar-refractivity contribution >= 4 is 44.1 Å². The Kier molecular flexibility index (Phi) is 6.44. The standard InChI is InChI=1S/C25H24ClN3O3S/c1-16-7-8-19(13-17(16)2)29-33(31,32)20-9-10-23(26)22(14-20)25(30)27-12-11-18-15-28-24-6-4-3-5-21(18)24/h3-10,13-15,28-29H,11-12H2,1-2H3,(H,27,30). The lowest BCUT2D eigenvalue weighted by molar-refractivity contribution is 0.0954. The van der Waals surface area contributed by atoms with Crippen LogP contribution in [0, 0.1) is 13.8 Å². The van der Waals surface area contributed by atoms with Crippen molar-refractivity contribution in [2.24, 2.45) is 0 Å². The average molecular weight is 482 g/mol. The lowest BCUT2D eigenvalue weighted by Crippen LogP contribution is -2.26. The third kappa shape index (κ3) is 5.05. The van der Waals surface area contributed by atoms with Crippen molar-refractivity contribution in [3.63, 3.8) is 0 Å². The summed E-state index contributed by atoms with van der Waals surface area (Å²) >= 11 is 6.22. The summed E-state index contributed by atoms with van der Waals surface area (Å²) in [4.78, 5) is 15.9. The fourth-order valence-corrected chi connectivity index (χ4v) is 4.89. The van der Waals surface area contributed by atoms with Crippen molar-refractivity contribution < 1.29 is 13.2 Å². The van der Waals surface area contributed by atoms with Crippen molar-refractivity contribution in [2.75, 3.05) is 11.3 Å². The van der Waals surface area contributed by atoms with Gasteiger partial charge in [0.15, 0.2) is 0 Å². The van der Waals surface area contributed by atoms with Crippen LogP contribution in [-0.2, 0) is 16.4 Å². The minimum atomic E-state index is -3.89. The molecule has 33 heavy (non-hydrogen) atoms. The molecule has 3 N–H and O–H groups in total. The SMILES string of the molecule is Cc1ccc(NS(=O)(=O)c2ccc(Cl)c(C(=O)NCCc3c[nH]c4ccccc34)c2)cc1C. The van der Waals surface area contributed by atoms with Gasteiger partial charge in [0.2, 0.25) is 0 Å². The second kappa shape index (κ2) is 9.29. The van der Waals surface area contributed by atoms with Crippen molar-refractivity contribution in [3.05, 3.63) is 94.1 Å². The molecule has 8 heteroatoms. The number of fused-ring (bicyclic) bond motifs is 1. The second-order valence-corrected chi connectivity index (χ2v) is 10.0. The zero-order chi connectivity index (χ0) is 23.6. The molecule has 1 amide bonds. The summed E-state index contributed by atoms with van der Waals surface area (Å²) in [6.07, 6.45) is 2.55. The highest BCUT2D eigenvalue weighted by atomic mass is 35.5. The van der Waals surface area contributed by atoms with E-state index in [-0.39, 0.29) is 15.5 Å². The number of sulfonamides is 1. The number of hydrogen-bond donors (Lipinski definition) is 3. The minimum absolute atomic E-state index is 0.0353. The molecule has 0 radical (unpaired) electrons. The lowest BCUT2D eigenvalue weighted by atomic mass is 10.1. The molecule has 0 atom stereocenters. The van der Waals surface area contributed by atoms with Crippen molar-refractivity contribution in [1.82, 2.24) is 10.3 Å². The van der Waals surface area contributed by atoms with Crippen molar-refractivity contribution in [2.45, 2.75) is 25.2 Å². The van der Waals surface area contributed by atoms with E-state index in [9.17, 15) is 13.2 Å². The smallest absolute Gasteiger partial charge is 0.261 e. The van der Waals surface area contributed by atoms with E-state index in [1.54, 1.807) is 12.1 Å². The molecule has 0 aliphatic carbocycles. The first-order valence-corrected chi connectivity index (χ1v) is 12.3. The summed E-state index contributed by atoms with van der Waals surface area (Å²) in [5, 5.41) is 4.12. The number of para-hydroxylation sites is 1. The van der Waals surface area contributed by atoms with E-state index < -0.39 is 15.9 Å². The van der Waals surface area contributed by atoms with E-state index in [0.29, 0.717) is 18.7 Å². The van der Waals surface area contributed by atoms with Gasteiger partial charge in [-0.2, -0.15) is 0 Å². The van der Waals surface area contributed by atoms with Gasteiger partial charge >= 0.3 is 0 Å². The predicted octanol–water partition coefficient (Wildman–Crippen LogP) is 5.21. The van der Waals surface area contributed by atoms with E-state index in [1.807, 2.05) is 50.4 Å². The van der Waals surface area contributed by atoms with Crippen LogP contribution in [0.3, 0.4) is 0 Å². The minimum Gasteiger partial charge on any atom is -0.361 e. The Morgan fingerprint density at radius 1 is 1.00 bits per heavy atom. The van der Waals surface area contributed by atoms with Gasteiger partial charge in [0.1, 0.15) is 0 Å². The van der Waals surface area contributed by atoms with Crippen LogP contribution in [0.2, 0.25) is 5.02 Å². The van der Waals surface area contributed by atoms with E-state index >= 15 is 0 Å². The van der Waals surface area contributed by atoms with Crippen molar-refractivity contribution in [3.8, 4) is 0 Å². The van der Waals surface area contributed by atoms with Gasteiger partial charge in [-0.3, -0.25) is 9.52 Å². The Labute approximate surface area is 198 Å². The van der Waals surface area contributed by atoms with Gasteiger partial charge in [0.05, 0.1) is 15.5 Å². The van der Waals surface area contributed by atoms with E-state index in [0.717, 1.165) is 27.6 Å². The van der Waals surface area contributed by atoms with Gasteiger partial charge in [-0.25, -0.2) is 8.42 Å². The highest BCUT2D eigenvalue weighted by Crippen LogP contribution is 2.24. The van der Waals surface area contributed by atoms with E-state index in [2.05, 4.69) is 15.0 Å². The first-order valence-electron chi connectivity index (χ1n) is 10.5. The molecule has 0 saturated heterocycles. The summed E-state index contributed by atoms with van der Waals surface area (Å²) in [6.45, 7) is 4.25. The average Bonchev–Trinajstić information content (AvgIpc) is 3.19. The monoisotopic (exact) mass is 481 g/mol. The normalized spacial score (nSPS) is 11.5. The Bertz CT molecular complexity index is 1440. The largest absolute Gasteiger partial charge is 0.361 e. The number of aryl methyl sites for hydroxylation is 2. The number of benzene rings is 3. The summed E-state index contributed by atoms with van der Waals surface area (Å²) in [5.74, 6) is -0.428. The number of anilines is 1. The number of carbonyl (C=O) groups excluding carboxylic acids is 1. The molecule has 170 valence electrons. The summed E-state index contributed by atoms with van der Waals surface area (Å²) in [7, 11) is -3.89. The number of hydrogen-bond acceptors (Lipinski definition) is 3. The maximum absolute atomic E-state index is 12.9. The molecule has 4 rings (SSSR count).